The summed E-state index contributed by atoms with van der Waals surface area (Å²) in [5, 5.41) is 15.7. The van der Waals surface area contributed by atoms with Crippen molar-refractivity contribution in [1.29, 1.82) is 0 Å². The molecule has 0 bridgehead atoms. The summed E-state index contributed by atoms with van der Waals surface area (Å²) in [6, 6.07) is 9.13. The molecule has 0 fully saturated rings. The highest BCUT2D eigenvalue weighted by molar-refractivity contribution is 7.13. The molecule has 1 aromatic carbocycles. The predicted octanol–water partition coefficient (Wildman–Crippen LogP) is 3.48. The molecule has 0 saturated heterocycles. The maximum atomic E-state index is 9.80. The van der Waals surface area contributed by atoms with Gasteiger partial charge in [0.25, 0.3) is 5.89 Å². The second-order valence-corrected chi connectivity index (χ2v) is 4.87. The van der Waals surface area contributed by atoms with Crippen molar-refractivity contribution < 1.29 is 9.63 Å². The summed E-state index contributed by atoms with van der Waals surface area (Å²) >= 11 is 1.54. The molecule has 0 unspecified atom stereocenters. The molecule has 2 aromatic heterocycles. The molecule has 3 rings (SSSR count). The van der Waals surface area contributed by atoms with E-state index < -0.39 is 0 Å². The van der Waals surface area contributed by atoms with Gasteiger partial charge in [0.05, 0.1) is 10.4 Å². The minimum Gasteiger partial charge on any atom is -0.507 e. The van der Waals surface area contributed by atoms with E-state index in [9.17, 15) is 5.11 Å². The van der Waals surface area contributed by atoms with Crippen LogP contribution in [0.15, 0.2) is 40.2 Å². The van der Waals surface area contributed by atoms with Crippen molar-refractivity contribution >= 4 is 11.3 Å². The first kappa shape index (κ1) is 11.0. The van der Waals surface area contributed by atoms with Crippen LogP contribution in [0.3, 0.4) is 0 Å². The van der Waals surface area contributed by atoms with Gasteiger partial charge in [0, 0.05) is 0 Å². The van der Waals surface area contributed by atoms with Gasteiger partial charge in [0.1, 0.15) is 5.75 Å². The summed E-state index contributed by atoms with van der Waals surface area (Å²) in [4.78, 5) is 5.24. The van der Waals surface area contributed by atoms with Crippen LogP contribution in [0.4, 0.5) is 0 Å². The molecule has 0 aliphatic carbocycles. The van der Waals surface area contributed by atoms with E-state index in [-0.39, 0.29) is 5.75 Å². The van der Waals surface area contributed by atoms with Crippen LogP contribution in [0.2, 0.25) is 0 Å². The van der Waals surface area contributed by atoms with Gasteiger partial charge in [0.2, 0.25) is 5.82 Å². The zero-order valence-electron chi connectivity index (χ0n) is 9.62. The SMILES string of the molecule is Cc1ccc(O)c(-c2nc(-c3cccs3)no2)c1. The maximum Gasteiger partial charge on any atom is 0.262 e. The Bertz CT molecular complexity index is 674. The van der Waals surface area contributed by atoms with E-state index in [4.69, 9.17) is 4.52 Å². The van der Waals surface area contributed by atoms with E-state index in [1.807, 2.05) is 36.6 Å². The Hall–Kier alpha value is -2.14. The van der Waals surface area contributed by atoms with Crippen LogP contribution < -0.4 is 0 Å². The van der Waals surface area contributed by atoms with E-state index in [1.165, 1.54) is 0 Å². The molecule has 0 spiro atoms. The average Bonchev–Trinajstić information content (AvgIpc) is 3.00. The number of phenols is 1. The highest BCUT2D eigenvalue weighted by Gasteiger charge is 2.14. The molecule has 4 nitrogen and oxygen atoms in total. The second kappa shape index (κ2) is 4.27. The molecule has 0 radical (unpaired) electrons. The monoisotopic (exact) mass is 258 g/mol. The normalized spacial score (nSPS) is 10.7. The van der Waals surface area contributed by atoms with E-state index in [0.29, 0.717) is 17.3 Å². The van der Waals surface area contributed by atoms with Gasteiger partial charge in [-0.1, -0.05) is 22.9 Å². The number of aryl methyl sites for hydroxylation is 1. The fourth-order valence-corrected chi connectivity index (χ4v) is 2.31. The number of aromatic nitrogens is 2. The number of benzene rings is 1. The molecule has 5 heteroatoms. The van der Waals surface area contributed by atoms with Gasteiger partial charge in [-0.15, -0.1) is 11.3 Å². The van der Waals surface area contributed by atoms with Crippen molar-refractivity contribution in [2.24, 2.45) is 0 Å². The summed E-state index contributed by atoms with van der Waals surface area (Å²) in [5.41, 5.74) is 1.59. The molecule has 3 aromatic rings. The van der Waals surface area contributed by atoms with Crippen molar-refractivity contribution in [1.82, 2.24) is 10.1 Å². The molecule has 0 aliphatic heterocycles. The number of hydrogen-bond acceptors (Lipinski definition) is 5. The smallest absolute Gasteiger partial charge is 0.262 e. The average molecular weight is 258 g/mol. The number of thiophene rings is 1. The number of hydrogen-bond donors (Lipinski definition) is 1. The van der Waals surface area contributed by atoms with Gasteiger partial charge < -0.3 is 9.63 Å². The third-order valence-electron chi connectivity index (χ3n) is 2.55. The van der Waals surface area contributed by atoms with Gasteiger partial charge in [-0.05, 0) is 30.5 Å². The fraction of sp³-hybridized carbons (Fsp3) is 0.0769. The molecule has 18 heavy (non-hydrogen) atoms. The zero-order chi connectivity index (χ0) is 12.5. The predicted molar refractivity (Wildman–Crippen MR) is 69.4 cm³/mol. The van der Waals surface area contributed by atoms with Crippen LogP contribution in [0.25, 0.3) is 22.2 Å². The summed E-state index contributed by atoms with van der Waals surface area (Å²) in [5.74, 6) is 1.02. The largest absolute Gasteiger partial charge is 0.507 e. The van der Waals surface area contributed by atoms with Crippen LogP contribution in [-0.2, 0) is 0 Å². The molecule has 0 aliphatic rings. The molecular formula is C13H10N2O2S. The van der Waals surface area contributed by atoms with Crippen LogP contribution in [0.5, 0.6) is 5.75 Å². The molecule has 0 atom stereocenters. The minimum absolute atomic E-state index is 0.141. The third-order valence-corrected chi connectivity index (χ3v) is 3.42. The third kappa shape index (κ3) is 1.89. The number of rotatable bonds is 2. The summed E-state index contributed by atoms with van der Waals surface area (Å²) in [6.07, 6.45) is 0. The van der Waals surface area contributed by atoms with Crippen LogP contribution >= 0.6 is 11.3 Å². The fourth-order valence-electron chi connectivity index (χ4n) is 1.66. The van der Waals surface area contributed by atoms with Gasteiger partial charge in [0.15, 0.2) is 0 Å². The van der Waals surface area contributed by atoms with Crippen molar-refractivity contribution in [3.05, 3.63) is 41.3 Å². The highest BCUT2D eigenvalue weighted by Crippen LogP contribution is 2.31. The van der Waals surface area contributed by atoms with Crippen molar-refractivity contribution in [2.45, 2.75) is 6.92 Å². The number of aromatic hydroxyl groups is 1. The van der Waals surface area contributed by atoms with Gasteiger partial charge >= 0.3 is 0 Å². The summed E-state index contributed by atoms with van der Waals surface area (Å²) in [6.45, 7) is 1.94. The first-order valence-corrected chi connectivity index (χ1v) is 6.29. The number of nitrogens with zero attached hydrogens (tertiary/aromatic N) is 2. The maximum absolute atomic E-state index is 9.80. The van der Waals surface area contributed by atoms with Crippen LogP contribution in [0.1, 0.15) is 5.56 Å². The highest BCUT2D eigenvalue weighted by atomic mass is 32.1. The Kier molecular flexibility index (Phi) is 2.60. The lowest BCUT2D eigenvalue weighted by atomic mass is 10.1. The molecule has 1 N–H and O–H groups in total. The Morgan fingerprint density at radius 1 is 1.28 bits per heavy atom. The van der Waals surface area contributed by atoms with Crippen molar-refractivity contribution in [3.63, 3.8) is 0 Å². The Labute approximate surface area is 108 Å². The van der Waals surface area contributed by atoms with Crippen molar-refractivity contribution in [2.75, 3.05) is 0 Å². The molecular weight excluding hydrogens is 248 g/mol. The summed E-state index contributed by atoms with van der Waals surface area (Å²) in [7, 11) is 0. The molecule has 2 heterocycles. The van der Waals surface area contributed by atoms with Gasteiger partial charge in [-0.3, -0.25) is 0 Å². The van der Waals surface area contributed by atoms with E-state index in [2.05, 4.69) is 10.1 Å². The Morgan fingerprint density at radius 2 is 2.17 bits per heavy atom. The quantitative estimate of drug-likeness (QED) is 0.764. The van der Waals surface area contributed by atoms with E-state index >= 15 is 0 Å². The second-order valence-electron chi connectivity index (χ2n) is 3.92. The number of phenolic OH excluding ortho intramolecular Hbond substituents is 1. The van der Waals surface area contributed by atoms with Crippen LogP contribution in [0, 0.1) is 6.92 Å². The lowest BCUT2D eigenvalue weighted by Crippen LogP contribution is -1.81. The zero-order valence-corrected chi connectivity index (χ0v) is 10.4. The lowest BCUT2D eigenvalue weighted by molar-refractivity contribution is 0.426. The van der Waals surface area contributed by atoms with E-state index in [1.54, 1.807) is 17.4 Å². The van der Waals surface area contributed by atoms with Crippen molar-refractivity contribution in [3.8, 4) is 27.9 Å². The molecule has 90 valence electrons. The summed E-state index contributed by atoms with van der Waals surface area (Å²) < 4.78 is 5.20. The molecule has 0 saturated carbocycles. The standard InChI is InChI=1S/C13H10N2O2S/c1-8-4-5-10(16)9(7-8)13-14-12(15-17-13)11-3-2-6-18-11/h2-7,16H,1H3. The van der Waals surface area contributed by atoms with Crippen LogP contribution in [-0.4, -0.2) is 15.2 Å². The Balaban J connectivity index is 2.05. The van der Waals surface area contributed by atoms with Gasteiger partial charge in [-0.2, -0.15) is 4.98 Å². The minimum atomic E-state index is 0.141. The molecule has 0 amide bonds. The topological polar surface area (TPSA) is 59.2 Å². The van der Waals surface area contributed by atoms with Gasteiger partial charge in [-0.25, -0.2) is 0 Å². The Morgan fingerprint density at radius 3 is 2.94 bits per heavy atom. The lowest BCUT2D eigenvalue weighted by Gasteiger charge is -1.99. The van der Waals surface area contributed by atoms with E-state index in [0.717, 1.165) is 10.4 Å². The first-order chi connectivity index (χ1) is 8.74. The first-order valence-electron chi connectivity index (χ1n) is 5.41.